The molecule has 4 aromatic rings. The van der Waals surface area contributed by atoms with E-state index in [1.54, 1.807) is 12.4 Å². The van der Waals surface area contributed by atoms with Crippen molar-refractivity contribution in [3.63, 3.8) is 0 Å². The number of rotatable bonds is 6. The maximum Gasteiger partial charge on any atom is 0.234 e. The molecule has 8 heteroatoms. The molecule has 0 spiro atoms. The largest absolute Gasteiger partial charge is 0.325 e. The molecule has 1 N–H and O–H groups in total. The number of halogens is 1. The van der Waals surface area contributed by atoms with Crippen LogP contribution in [0.4, 0.5) is 5.69 Å². The average Bonchev–Trinajstić information content (AvgIpc) is 3.19. The van der Waals surface area contributed by atoms with Crippen molar-refractivity contribution in [1.29, 1.82) is 0 Å². The number of benzene rings is 2. The lowest BCUT2D eigenvalue weighted by Crippen LogP contribution is -2.14. The highest BCUT2D eigenvalue weighted by molar-refractivity contribution is 14.1. The lowest BCUT2D eigenvalue weighted by atomic mass is 10.2. The minimum atomic E-state index is -0.0956. The Morgan fingerprint density at radius 3 is 2.52 bits per heavy atom. The number of amides is 1. The van der Waals surface area contributed by atoms with Gasteiger partial charge in [0.1, 0.15) is 0 Å². The monoisotopic (exact) mass is 513 g/mol. The highest BCUT2D eigenvalue weighted by Crippen LogP contribution is 2.27. The van der Waals surface area contributed by atoms with Crippen molar-refractivity contribution in [2.45, 2.75) is 5.16 Å². The van der Waals surface area contributed by atoms with E-state index in [0.29, 0.717) is 11.0 Å². The lowest BCUT2D eigenvalue weighted by molar-refractivity contribution is -0.113. The molecule has 0 radical (unpaired) electrons. The number of pyridine rings is 1. The first-order valence-corrected chi connectivity index (χ1v) is 10.9. The third-order valence-corrected chi connectivity index (χ3v) is 5.68. The molecule has 0 fully saturated rings. The third-order valence-electron chi connectivity index (χ3n) is 4.03. The first-order valence-electron chi connectivity index (χ1n) is 8.80. The molecule has 0 saturated carbocycles. The van der Waals surface area contributed by atoms with Gasteiger partial charge in [-0.25, -0.2) is 0 Å². The van der Waals surface area contributed by atoms with Crippen molar-refractivity contribution in [2.75, 3.05) is 11.1 Å². The van der Waals surface area contributed by atoms with Crippen LogP contribution in [-0.4, -0.2) is 31.4 Å². The van der Waals surface area contributed by atoms with E-state index in [-0.39, 0.29) is 11.7 Å². The molecule has 2 aromatic heterocycles. The molecule has 4 rings (SSSR count). The molecule has 0 aliphatic rings. The van der Waals surface area contributed by atoms with E-state index in [9.17, 15) is 4.79 Å². The summed E-state index contributed by atoms with van der Waals surface area (Å²) in [5.74, 6) is 0.816. The van der Waals surface area contributed by atoms with Crippen LogP contribution in [0.2, 0.25) is 0 Å². The van der Waals surface area contributed by atoms with E-state index in [2.05, 4.69) is 43.1 Å². The standard InChI is InChI=1S/C21H16IN5OS/c22-16-8-10-17(11-9-16)24-19(28)14-29-21-26-25-20(15-5-4-12-23-13-15)27(21)18-6-2-1-3-7-18/h1-13H,14H2,(H,24,28). The number of carbonyl (C=O) groups is 1. The minimum absolute atomic E-state index is 0.0956. The number of nitrogens with one attached hydrogen (secondary N) is 1. The molecule has 0 atom stereocenters. The van der Waals surface area contributed by atoms with Gasteiger partial charge in [-0.05, 0) is 71.1 Å². The number of carbonyl (C=O) groups excluding carboxylic acids is 1. The first-order chi connectivity index (χ1) is 14.2. The van der Waals surface area contributed by atoms with Crippen molar-refractivity contribution >= 4 is 45.9 Å². The number of anilines is 1. The van der Waals surface area contributed by atoms with Crippen LogP contribution in [0.5, 0.6) is 0 Å². The Morgan fingerprint density at radius 2 is 1.79 bits per heavy atom. The highest BCUT2D eigenvalue weighted by Gasteiger charge is 2.17. The molecule has 0 saturated heterocycles. The average molecular weight is 513 g/mol. The van der Waals surface area contributed by atoms with Crippen molar-refractivity contribution < 1.29 is 4.79 Å². The van der Waals surface area contributed by atoms with Gasteiger partial charge in [0.15, 0.2) is 11.0 Å². The number of hydrogen-bond acceptors (Lipinski definition) is 5. The maximum atomic E-state index is 12.4. The van der Waals surface area contributed by atoms with Gasteiger partial charge in [-0.3, -0.25) is 14.3 Å². The van der Waals surface area contributed by atoms with Gasteiger partial charge < -0.3 is 5.32 Å². The second-order valence-electron chi connectivity index (χ2n) is 6.06. The van der Waals surface area contributed by atoms with Gasteiger partial charge in [0.25, 0.3) is 0 Å². The van der Waals surface area contributed by atoms with E-state index >= 15 is 0 Å². The van der Waals surface area contributed by atoms with E-state index in [0.717, 1.165) is 20.5 Å². The van der Waals surface area contributed by atoms with Gasteiger partial charge in [0, 0.05) is 32.9 Å². The maximum absolute atomic E-state index is 12.4. The molecule has 6 nitrogen and oxygen atoms in total. The van der Waals surface area contributed by atoms with Crippen molar-refractivity contribution in [3.05, 3.63) is 82.7 Å². The van der Waals surface area contributed by atoms with Gasteiger partial charge in [-0.15, -0.1) is 10.2 Å². The van der Waals surface area contributed by atoms with Crippen LogP contribution < -0.4 is 5.32 Å². The van der Waals surface area contributed by atoms with Gasteiger partial charge in [-0.2, -0.15) is 0 Å². The Morgan fingerprint density at radius 1 is 1.00 bits per heavy atom. The van der Waals surface area contributed by atoms with Crippen molar-refractivity contribution in [1.82, 2.24) is 19.7 Å². The zero-order valence-corrected chi connectivity index (χ0v) is 18.2. The quantitative estimate of drug-likeness (QED) is 0.300. The first kappa shape index (κ1) is 19.6. The third kappa shape index (κ3) is 4.83. The molecule has 29 heavy (non-hydrogen) atoms. The molecule has 144 valence electrons. The fourth-order valence-corrected chi connectivity index (χ4v) is 3.83. The molecular weight excluding hydrogens is 497 g/mol. The minimum Gasteiger partial charge on any atom is -0.325 e. The summed E-state index contributed by atoms with van der Waals surface area (Å²) in [6, 6.07) is 21.3. The summed E-state index contributed by atoms with van der Waals surface area (Å²) in [5.41, 5.74) is 2.56. The normalized spacial score (nSPS) is 10.7. The van der Waals surface area contributed by atoms with Crippen LogP contribution in [0.15, 0.2) is 84.3 Å². The fraction of sp³-hybridized carbons (Fsp3) is 0.0476. The lowest BCUT2D eigenvalue weighted by Gasteiger charge is -2.10. The second-order valence-corrected chi connectivity index (χ2v) is 8.25. The van der Waals surface area contributed by atoms with E-state index in [1.807, 2.05) is 71.3 Å². The van der Waals surface area contributed by atoms with Crippen molar-refractivity contribution in [3.8, 4) is 17.1 Å². The van der Waals surface area contributed by atoms with Gasteiger partial charge >= 0.3 is 0 Å². The number of nitrogens with zero attached hydrogens (tertiary/aromatic N) is 4. The number of hydrogen-bond donors (Lipinski definition) is 1. The zero-order valence-electron chi connectivity index (χ0n) is 15.2. The van der Waals surface area contributed by atoms with Crippen LogP contribution in [0.1, 0.15) is 0 Å². The Hall–Kier alpha value is -2.72. The summed E-state index contributed by atoms with van der Waals surface area (Å²) >= 11 is 3.57. The predicted molar refractivity (Wildman–Crippen MR) is 123 cm³/mol. The topological polar surface area (TPSA) is 72.7 Å². The van der Waals surface area contributed by atoms with Crippen LogP contribution in [0.3, 0.4) is 0 Å². The Labute approximate surface area is 185 Å². The van der Waals surface area contributed by atoms with Crippen molar-refractivity contribution in [2.24, 2.45) is 0 Å². The predicted octanol–water partition coefficient (Wildman–Crippen LogP) is 4.66. The summed E-state index contributed by atoms with van der Waals surface area (Å²) in [7, 11) is 0. The van der Waals surface area contributed by atoms with Gasteiger partial charge in [0.2, 0.25) is 5.91 Å². The zero-order chi connectivity index (χ0) is 20.1. The number of thioether (sulfide) groups is 1. The Kier molecular flexibility index (Phi) is 6.20. The van der Waals surface area contributed by atoms with E-state index in [1.165, 1.54) is 11.8 Å². The Bertz CT molecular complexity index is 1100. The summed E-state index contributed by atoms with van der Waals surface area (Å²) < 4.78 is 3.06. The Balaban J connectivity index is 1.56. The summed E-state index contributed by atoms with van der Waals surface area (Å²) in [4.78, 5) is 16.6. The van der Waals surface area contributed by atoms with E-state index < -0.39 is 0 Å². The fourth-order valence-electron chi connectivity index (χ4n) is 2.72. The molecule has 0 aliphatic heterocycles. The molecule has 2 aromatic carbocycles. The molecule has 0 bridgehead atoms. The number of aromatic nitrogens is 4. The molecule has 0 aliphatic carbocycles. The highest BCUT2D eigenvalue weighted by atomic mass is 127. The molecule has 0 unspecified atom stereocenters. The molecular formula is C21H16IN5OS. The van der Waals surface area contributed by atoms with Crippen LogP contribution in [0.25, 0.3) is 17.1 Å². The summed E-state index contributed by atoms with van der Waals surface area (Å²) in [5, 5.41) is 12.2. The molecule has 2 heterocycles. The van der Waals surface area contributed by atoms with E-state index in [4.69, 9.17) is 0 Å². The van der Waals surface area contributed by atoms with Gasteiger partial charge in [0.05, 0.1) is 5.75 Å². The molecule has 1 amide bonds. The smallest absolute Gasteiger partial charge is 0.234 e. The van der Waals surface area contributed by atoms with Gasteiger partial charge in [-0.1, -0.05) is 30.0 Å². The second kappa shape index (κ2) is 9.19. The van der Waals surface area contributed by atoms with Crippen LogP contribution >= 0.6 is 34.4 Å². The van der Waals surface area contributed by atoms with Crippen LogP contribution in [0, 0.1) is 3.57 Å². The van der Waals surface area contributed by atoms with Crippen LogP contribution in [-0.2, 0) is 4.79 Å². The number of para-hydroxylation sites is 1. The summed E-state index contributed by atoms with van der Waals surface area (Å²) in [6.45, 7) is 0. The SMILES string of the molecule is O=C(CSc1nnc(-c2cccnc2)n1-c1ccccc1)Nc1ccc(I)cc1. The summed E-state index contributed by atoms with van der Waals surface area (Å²) in [6.07, 6.45) is 3.47.